The number of benzene rings is 2. The highest BCUT2D eigenvalue weighted by Crippen LogP contribution is 2.24. The number of likely N-dealkylation sites (tertiary alicyclic amines) is 1. The normalized spacial score (nSPS) is 17.2. The van der Waals surface area contributed by atoms with Gasteiger partial charge in [0.05, 0.1) is 5.92 Å². The van der Waals surface area contributed by atoms with E-state index in [0.717, 1.165) is 23.6 Å². The Morgan fingerprint density at radius 1 is 1.15 bits per heavy atom. The van der Waals surface area contributed by atoms with Crippen LogP contribution in [-0.2, 0) is 4.79 Å². The molecule has 2 heterocycles. The first-order valence-corrected chi connectivity index (χ1v) is 8.65. The van der Waals surface area contributed by atoms with E-state index in [9.17, 15) is 9.59 Å². The lowest BCUT2D eigenvalue weighted by Crippen LogP contribution is -2.43. The number of H-pyrrole nitrogens is 1. The quantitative estimate of drug-likeness (QED) is 0.760. The van der Waals surface area contributed by atoms with Gasteiger partial charge in [0.15, 0.2) is 0 Å². The number of hydrogen-bond acceptors (Lipinski definition) is 4. The van der Waals surface area contributed by atoms with Crippen LogP contribution in [-0.4, -0.2) is 45.0 Å². The maximum atomic E-state index is 13.1. The number of nitrogens with zero attached hydrogens (tertiary/aromatic N) is 3. The Morgan fingerprint density at radius 3 is 2.85 bits per heavy atom. The van der Waals surface area contributed by atoms with Gasteiger partial charge in [0.1, 0.15) is 6.33 Å². The Morgan fingerprint density at radius 2 is 2.00 bits per heavy atom. The van der Waals surface area contributed by atoms with Crippen molar-refractivity contribution in [2.24, 2.45) is 5.92 Å². The summed E-state index contributed by atoms with van der Waals surface area (Å²) in [6, 6.07) is 13.6. The van der Waals surface area contributed by atoms with Crippen LogP contribution < -0.4 is 5.32 Å². The number of rotatable bonds is 3. The van der Waals surface area contributed by atoms with E-state index < -0.39 is 0 Å². The number of hydrogen-bond donors (Lipinski definition) is 2. The van der Waals surface area contributed by atoms with Crippen molar-refractivity contribution in [2.75, 3.05) is 18.4 Å². The molecule has 2 amide bonds. The van der Waals surface area contributed by atoms with E-state index in [0.29, 0.717) is 24.6 Å². The average Bonchev–Trinajstić information content (AvgIpc) is 3.20. The van der Waals surface area contributed by atoms with Gasteiger partial charge in [-0.05, 0) is 29.7 Å². The average molecular weight is 349 g/mol. The topological polar surface area (TPSA) is 91.0 Å². The Balaban J connectivity index is 1.52. The highest BCUT2D eigenvalue weighted by atomic mass is 16.2. The second-order valence-corrected chi connectivity index (χ2v) is 6.44. The van der Waals surface area contributed by atoms with Crippen LogP contribution in [0.15, 0.2) is 48.8 Å². The van der Waals surface area contributed by atoms with Gasteiger partial charge >= 0.3 is 0 Å². The molecule has 0 bridgehead atoms. The van der Waals surface area contributed by atoms with Gasteiger partial charge in [0.25, 0.3) is 5.91 Å². The van der Waals surface area contributed by atoms with Crippen molar-refractivity contribution in [3.8, 4) is 0 Å². The van der Waals surface area contributed by atoms with Gasteiger partial charge in [-0.1, -0.05) is 36.4 Å². The highest BCUT2D eigenvalue weighted by Gasteiger charge is 2.29. The van der Waals surface area contributed by atoms with E-state index in [1.165, 1.54) is 6.33 Å². The third-order valence-corrected chi connectivity index (χ3v) is 4.76. The van der Waals surface area contributed by atoms with Crippen molar-refractivity contribution in [2.45, 2.75) is 12.8 Å². The molecule has 0 saturated carbocycles. The molecule has 0 aliphatic carbocycles. The van der Waals surface area contributed by atoms with E-state index in [4.69, 9.17) is 0 Å². The van der Waals surface area contributed by atoms with E-state index in [2.05, 4.69) is 20.5 Å². The minimum absolute atomic E-state index is 0.0287. The zero-order valence-corrected chi connectivity index (χ0v) is 14.2. The number of piperidine rings is 1. The molecule has 4 rings (SSSR count). The summed E-state index contributed by atoms with van der Waals surface area (Å²) in [5.74, 6) is -0.101. The number of fused-ring (bicyclic) bond motifs is 1. The first-order chi connectivity index (χ1) is 12.7. The molecule has 1 aliphatic rings. The predicted octanol–water partition coefficient (Wildman–Crippen LogP) is 2.45. The van der Waals surface area contributed by atoms with E-state index in [1.54, 1.807) is 4.90 Å². The highest BCUT2D eigenvalue weighted by molar-refractivity contribution is 6.07. The molecule has 3 aromatic rings. The fourth-order valence-corrected chi connectivity index (χ4v) is 3.44. The Bertz CT molecular complexity index is 933. The zero-order valence-electron chi connectivity index (χ0n) is 14.2. The second kappa shape index (κ2) is 6.95. The first-order valence-electron chi connectivity index (χ1n) is 8.65. The van der Waals surface area contributed by atoms with Gasteiger partial charge < -0.3 is 4.90 Å². The fraction of sp³-hybridized carbons (Fsp3) is 0.263. The molecular formula is C19H19N5O2. The number of anilines is 1. The summed E-state index contributed by atoms with van der Waals surface area (Å²) >= 11 is 0. The Hall–Kier alpha value is -3.22. The number of aromatic amines is 1. The molecule has 0 spiro atoms. The van der Waals surface area contributed by atoms with E-state index in [1.807, 2.05) is 42.5 Å². The number of carbonyl (C=O) groups is 2. The minimum atomic E-state index is -0.257. The van der Waals surface area contributed by atoms with Gasteiger partial charge in [-0.3, -0.25) is 14.9 Å². The maximum absolute atomic E-state index is 13.1. The minimum Gasteiger partial charge on any atom is -0.338 e. The molecule has 1 unspecified atom stereocenters. The standard InChI is InChI=1S/C19H19N5O2/c25-17(22-19-20-12-21-23-19)14-7-4-10-24(11-14)18(26)16-9-3-6-13-5-1-2-8-15(13)16/h1-3,5-6,8-9,12,14H,4,7,10-11H2,(H2,20,21,22,23,25). The molecule has 7 nitrogen and oxygen atoms in total. The van der Waals surface area contributed by atoms with Crippen molar-refractivity contribution in [1.29, 1.82) is 0 Å². The van der Waals surface area contributed by atoms with Crippen LogP contribution in [0.4, 0.5) is 5.95 Å². The second-order valence-electron chi connectivity index (χ2n) is 6.44. The maximum Gasteiger partial charge on any atom is 0.254 e. The van der Waals surface area contributed by atoms with Crippen molar-refractivity contribution in [3.05, 3.63) is 54.4 Å². The van der Waals surface area contributed by atoms with Gasteiger partial charge in [0.2, 0.25) is 11.9 Å². The number of amides is 2. The largest absolute Gasteiger partial charge is 0.338 e. The van der Waals surface area contributed by atoms with Crippen LogP contribution in [0.1, 0.15) is 23.2 Å². The molecule has 1 saturated heterocycles. The summed E-state index contributed by atoms with van der Waals surface area (Å²) in [5, 5.41) is 11.0. The summed E-state index contributed by atoms with van der Waals surface area (Å²) < 4.78 is 0. The van der Waals surface area contributed by atoms with Crippen molar-refractivity contribution in [3.63, 3.8) is 0 Å². The molecule has 1 aliphatic heterocycles. The number of nitrogens with one attached hydrogen (secondary N) is 2. The molecule has 26 heavy (non-hydrogen) atoms. The molecule has 1 aromatic heterocycles. The van der Waals surface area contributed by atoms with E-state index in [-0.39, 0.29) is 17.7 Å². The summed E-state index contributed by atoms with van der Waals surface area (Å²) in [6.45, 7) is 1.07. The Kier molecular flexibility index (Phi) is 4.35. The van der Waals surface area contributed by atoms with Crippen LogP contribution >= 0.6 is 0 Å². The smallest absolute Gasteiger partial charge is 0.254 e. The van der Waals surface area contributed by atoms with Crippen LogP contribution in [0.2, 0.25) is 0 Å². The van der Waals surface area contributed by atoms with Gasteiger partial charge in [-0.2, -0.15) is 10.1 Å². The first kappa shape index (κ1) is 16.3. The van der Waals surface area contributed by atoms with Crippen molar-refractivity contribution in [1.82, 2.24) is 20.1 Å². The van der Waals surface area contributed by atoms with Gasteiger partial charge in [-0.25, -0.2) is 5.10 Å². The molecule has 7 heteroatoms. The summed E-state index contributed by atoms with van der Waals surface area (Å²) in [6.07, 6.45) is 2.89. The molecule has 1 fully saturated rings. The predicted molar refractivity (Wildman–Crippen MR) is 97.6 cm³/mol. The summed E-state index contributed by atoms with van der Waals surface area (Å²) in [5.41, 5.74) is 0.680. The fourth-order valence-electron chi connectivity index (χ4n) is 3.44. The van der Waals surface area contributed by atoms with Crippen LogP contribution in [0.25, 0.3) is 10.8 Å². The van der Waals surface area contributed by atoms with E-state index >= 15 is 0 Å². The Labute approximate surface area is 150 Å². The monoisotopic (exact) mass is 349 g/mol. The van der Waals surface area contributed by atoms with Gasteiger partial charge in [0, 0.05) is 18.7 Å². The lowest BCUT2D eigenvalue weighted by atomic mass is 9.95. The summed E-state index contributed by atoms with van der Waals surface area (Å²) in [7, 11) is 0. The number of carbonyl (C=O) groups excluding carboxylic acids is 2. The summed E-state index contributed by atoms with van der Waals surface area (Å²) in [4.78, 5) is 31.2. The number of aromatic nitrogens is 3. The molecule has 0 radical (unpaired) electrons. The molecule has 1 atom stereocenters. The molecular weight excluding hydrogens is 330 g/mol. The van der Waals surface area contributed by atoms with Crippen LogP contribution in [0.5, 0.6) is 0 Å². The molecule has 2 N–H and O–H groups in total. The third-order valence-electron chi connectivity index (χ3n) is 4.76. The van der Waals surface area contributed by atoms with Crippen molar-refractivity contribution >= 4 is 28.5 Å². The van der Waals surface area contributed by atoms with Gasteiger partial charge in [-0.15, -0.1) is 0 Å². The SMILES string of the molecule is O=C(Nc1ncn[nH]1)C1CCCN(C(=O)c2cccc3ccccc23)C1. The van der Waals surface area contributed by atoms with Crippen LogP contribution in [0.3, 0.4) is 0 Å². The lowest BCUT2D eigenvalue weighted by Gasteiger charge is -2.32. The van der Waals surface area contributed by atoms with Crippen molar-refractivity contribution < 1.29 is 9.59 Å². The van der Waals surface area contributed by atoms with Crippen LogP contribution in [0, 0.1) is 5.92 Å². The zero-order chi connectivity index (χ0) is 17.9. The lowest BCUT2D eigenvalue weighted by molar-refractivity contribution is -0.121. The third kappa shape index (κ3) is 3.15. The molecule has 132 valence electrons. The molecule has 2 aromatic carbocycles.